The zero-order chi connectivity index (χ0) is 15.9. The normalized spacial score (nSPS) is 20.4. The highest BCUT2D eigenvalue weighted by Gasteiger charge is 2.29. The van der Waals surface area contributed by atoms with E-state index in [1.165, 1.54) is 6.33 Å². The highest BCUT2D eigenvalue weighted by atomic mass is 32.2. The Labute approximate surface area is 128 Å². The maximum absolute atomic E-state index is 12.2. The van der Waals surface area contributed by atoms with Gasteiger partial charge in [-0.25, -0.2) is 18.4 Å². The number of sulfone groups is 1. The van der Waals surface area contributed by atoms with Gasteiger partial charge >= 0.3 is 0 Å². The predicted molar refractivity (Wildman–Crippen MR) is 83.4 cm³/mol. The minimum absolute atomic E-state index is 0.0991. The largest absolute Gasteiger partial charge is 0.343 e. The summed E-state index contributed by atoms with van der Waals surface area (Å²) in [6.07, 6.45) is 2.15. The molecule has 1 atom stereocenters. The molecule has 0 saturated carbocycles. The third-order valence-electron chi connectivity index (χ3n) is 4.15. The number of nitrogens with one attached hydrogen (secondary N) is 2. The zero-order valence-corrected chi connectivity index (χ0v) is 13.3. The third-order valence-corrected chi connectivity index (χ3v) is 5.99. The maximum Gasteiger partial charge on any atom is 0.225 e. The number of carbonyl (C=O) groups is 1. The minimum atomic E-state index is -2.96. The van der Waals surface area contributed by atoms with Crippen LogP contribution in [0.1, 0.15) is 24.1 Å². The van der Waals surface area contributed by atoms with Crippen LogP contribution in [0.25, 0.3) is 11.0 Å². The van der Waals surface area contributed by atoms with Crippen LogP contribution in [0, 0.1) is 19.8 Å². The molecule has 8 heteroatoms. The monoisotopic (exact) mass is 322 g/mol. The molecule has 0 spiro atoms. The number of hydrogen-bond acceptors (Lipinski definition) is 5. The Bertz CT molecular complexity index is 841. The Hall–Kier alpha value is -1.96. The molecule has 1 unspecified atom stereocenters. The van der Waals surface area contributed by atoms with Gasteiger partial charge in [-0.3, -0.25) is 4.79 Å². The molecular formula is C14H18N4O3S. The van der Waals surface area contributed by atoms with Crippen molar-refractivity contribution in [2.75, 3.05) is 16.8 Å². The van der Waals surface area contributed by atoms with Crippen LogP contribution in [-0.2, 0) is 14.6 Å². The van der Waals surface area contributed by atoms with Crippen molar-refractivity contribution in [3.63, 3.8) is 0 Å². The van der Waals surface area contributed by atoms with Gasteiger partial charge in [0.1, 0.15) is 17.8 Å². The summed E-state index contributed by atoms with van der Waals surface area (Å²) in [6.45, 7) is 3.88. The minimum Gasteiger partial charge on any atom is -0.343 e. The van der Waals surface area contributed by atoms with E-state index in [1.807, 2.05) is 13.8 Å². The van der Waals surface area contributed by atoms with E-state index in [4.69, 9.17) is 0 Å². The number of aromatic amines is 1. The lowest BCUT2D eigenvalue weighted by Crippen LogP contribution is -2.18. The van der Waals surface area contributed by atoms with Gasteiger partial charge in [-0.2, -0.15) is 0 Å². The lowest BCUT2D eigenvalue weighted by atomic mass is 10.1. The van der Waals surface area contributed by atoms with Crippen molar-refractivity contribution in [2.24, 2.45) is 5.92 Å². The molecule has 1 saturated heterocycles. The summed E-state index contributed by atoms with van der Waals surface area (Å²) >= 11 is 0. The summed E-state index contributed by atoms with van der Waals surface area (Å²) in [6, 6.07) is 0. The maximum atomic E-state index is 12.2. The van der Waals surface area contributed by atoms with Crippen molar-refractivity contribution in [1.82, 2.24) is 15.0 Å². The van der Waals surface area contributed by atoms with Crippen molar-refractivity contribution in [3.8, 4) is 0 Å². The number of amides is 1. The molecule has 0 aliphatic carbocycles. The van der Waals surface area contributed by atoms with Gasteiger partial charge in [-0.05, 0) is 31.7 Å². The van der Waals surface area contributed by atoms with Crippen LogP contribution in [0.2, 0.25) is 0 Å². The number of rotatable bonds is 3. The number of nitrogens with zero attached hydrogens (tertiary/aromatic N) is 2. The molecule has 0 radical (unpaired) electrons. The molecule has 2 N–H and O–H groups in total. The van der Waals surface area contributed by atoms with Gasteiger partial charge in [-0.1, -0.05) is 0 Å². The first kappa shape index (κ1) is 15.0. The van der Waals surface area contributed by atoms with Gasteiger partial charge in [0.25, 0.3) is 0 Å². The van der Waals surface area contributed by atoms with Crippen LogP contribution in [0.3, 0.4) is 0 Å². The van der Waals surface area contributed by atoms with E-state index in [1.54, 1.807) is 0 Å². The van der Waals surface area contributed by atoms with Crippen molar-refractivity contribution in [1.29, 1.82) is 0 Å². The first-order valence-electron chi connectivity index (χ1n) is 7.16. The fraction of sp³-hybridized carbons (Fsp3) is 0.500. The number of H-pyrrole nitrogens is 1. The van der Waals surface area contributed by atoms with Gasteiger partial charge < -0.3 is 10.3 Å². The van der Waals surface area contributed by atoms with E-state index in [2.05, 4.69) is 20.3 Å². The summed E-state index contributed by atoms with van der Waals surface area (Å²) in [5, 5.41) is 3.59. The van der Waals surface area contributed by atoms with Crippen molar-refractivity contribution in [2.45, 2.75) is 26.7 Å². The van der Waals surface area contributed by atoms with Crippen LogP contribution in [0.15, 0.2) is 6.33 Å². The zero-order valence-electron chi connectivity index (χ0n) is 12.5. The molecule has 0 aromatic carbocycles. The molecular weight excluding hydrogens is 304 g/mol. The first-order valence-corrected chi connectivity index (χ1v) is 8.98. The molecule has 22 heavy (non-hydrogen) atoms. The van der Waals surface area contributed by atoms with Crippen LogP contribution in [-0.4, -0.2) is 40.8 Å². The highest BCUT2D eigenvalue weighted by molar-refractivity contribution is 7.91. The van der Waals surface area contributed by atoms with E-state index in [-0.39, 0.29) is 29.8 Å². The van der Waals surface area contributed by atoms with E-state index in [0.29, 0.717) is 17.9 Å². The second kappa shape index (κ2) is 5.35. The Kier molecular flexibility index (Phi) is 3.64. The molecule has 7 nitrogen and oxygen atoms in total. The molecule has 1 aliphatic rings. The second-order valence-electron chi connectivity index (χ2n) is 5.84. The van der Waals surface area contributed by atoms with Gasteiger partial charge in [0.05, 0.1) is 16.9 Å². The highest BCUT2D eigenvalue weighted by Crippen LogP contribution is 2.26. The fourth-order valence-corrected chi connectivity index (χ4v) is 4.73. The molecule has 3 heterocycles. The summed E-state index contributed by atoms with van der Waals surface area (Å²) in [7, 11) is -2.96. The molecule has 118 valence electrons. The number of carbonyl (C=O) groups excluding carboxylic acids is 1. The Morgan fingerprint density at radius 3 is 2.86 bits per heavy atom. The van der Waals surface area contributed by atoms with Crippen LogP contribution >= 0.6 is 0 Å². The lowest BCUT2D eigenvalue weighted by Gasteiger charge is -2.09. The SMILES string of the molecule is Cc1[nH]c2ncnc(NC(=O)CC3CCS(=O)(=O)C3)c2c1C. The Morgan fingerprint density at radius 1 is 1.41 bits per heavy atom. The third kappa shape index (κ3) is 2.83. The number of aromatic nitrogens is 3. The molecule has 1 aliphatic heterocycles. The molecule has 1 amide bonds. The predicted octanol–water partition coefficient (Wildman–Crippen LogP) is 1.34. The summed E-state index contributed by atoms with van der Waals surface area (Å²) in [5.41, 5.74) is 2.66. The summed E-state index contributed by atoms with van der Waals surface area (Å²) in [5.74, 6) is 0.440. The van der Waals surface area contributed by atoms with Crippen LogP contribution in [0.4, 0.5) is 5.82 Å². The average Bonchev–Trinajstić information content (AvgIpc) is 2.91. The van der Waals surface area contributed by atoms with Gasteiger partial charge in [0.15, 0.2) is 9.84 Å². The van der Waals surface area contributed by atoms with E-state index >= 15 is 0 Å². The lowest BCUT2D eigenvalue weighted by molar-refractivity contribution is -0.116. The van der Waals surface area contributed by atoms with Crippen LogP contribution < -0.4 is 5.32 Å². The van der Waals surface area contributed by atoms with Crippen molar-refractivity contribution < 1.29 is 13.2 Å². The van der Waals surface area contributed by atoms with Crippen molar-refractivity contribution in [3.05, 3.63) is 17.6 Å². The van der Waals surface area contributed by atoms with Gasteiger partial charge in [0.2, 0.25) is 5.91 Å². The topological polar surface area (TPSA) is 105 Å². The smallest absolute Gasteiger partial charge is 0.225 e. The molecule has 0 bridgehead atoms. The number of hydrogen-bond donors (Lipinski definition) is 2. The molecule has 3 rings (SSSR count). The second-order valence-corrected chi connectivity index (χ2v) is 8.07. The number of aryl methyl sites for hydroxylation is 2. The number of anilines is 1. The first-order chi connectivity index (χ1) is 10.4. The fourth-order valence-electron chi connectivity index (χ4n) is 2.87. The van der Waals surface area contributed by atoms with Crippen molar-refractivity contribution >= 4 is 32.6 Å². The molecule has 1 fully saturated rings. The average molecular weight is 322 g/mol. The van der Waals surface area contributed by atoms with Crippen LogP contribution in [0.5, 0.6) is 0 Å². The standard InChI is InChI=1S/C14H18N4O3S/c1-8-9(2)17-13-12(8)14(16-7-15-13)18-11(19)5-10-3-4-22(20,21)6-10/h7,10H,3-6H2,1-2H3,(H2,15,16,17,18,19). The Balaban J connectivity index is 1.77. The quantitative estimate of drug-likeness (QED) is 0.887. The van der Waals surface area contributed by atoms with E-state index in [0.717, 1.165) is 16.6 Å². The summed E-state index contributed by atoms with van der Waals surface area (Å²) in [4.78, 5) is 23.6. The van der Waals surface area contributed by atoms with Gasteiger partial charge in [0, 0.05) is 12.1 Å². The molecule has 2 aromatic rings. The van der Waals surface area contributed by atoms with Gasteiger partial charge in [-0.15, -0.1) is 0 Å². The van der Waals surface area contributed by atoms with E-state index < -0.39 is 9.84 Å². The Morgan fingerprint density at radius 2 is 2.18 bits per heavy atom. The number of fused-ring (bicyclic) bond motifs is 1. The van der Waals surface area contributed by atoms with E-state index in [9.17, 15) is 13.2 Å². The summed E-state index contributed by atoms with van der Waals surface area (Å²) < 4.78 is 22.9. The molecule has 2 aromatic heterocycles.